The van der Waals surface area contributed by atoms with Crippen molar-refractivity contribution in [2.75, 3.05) is 6.54 Å². The number of rotatable bonds is 6. The molecule has 0 fully saturated rings. The number of aromatic amines is 1. The van der Waals surface area contributed by atoms with Crippen molar-refractivity contribution in [1.29, 1.82) is 0 Å². The van der Waals surface area contributed by atoms with Crippen LogP contribution < -0.4 is 10.9 Å². The second-order valence-corrected chi connectivity index (χ2v) is 5.76. The molecule has 2 rings (SSSR count). The van der Waals surface area contributed by atoms with Crippen molar-refractivity contribution in [2.45, 2.75) is 40.0 Å². The lowest BCUT2D eigenvalue weighted by molar-refractivity contribution is -0.125. The Kier molecular flexibility index (Phi) is 5.36. The van der Waals surface area contributed by atoms with Crippen LogP contribution in [0.5, 0.6) is 0 Å². The number of amides is 1. The van der Waals surface area contributed by atoms with Gasteiger partial charge in [0.05, 0.1) is 0 Å². The Labute approximate surface area is 130 Å². The Morgan fingerprint density at radius 1 is 1.23 bits per heavy atom. The molecule has 0 bridgehead atoms. The number of hydrogen-bond acceptors (Lipinski definition) is 2. The van der Waals surface area contributed by atoms with Crippen LogP contribution in [0.3, 0.4) is 0 Å². The van der Waals surface area contributed by atoms with Crippen molar-refractivity contribution >= 4 is 16.8 Å². The second-order valence-electron chi connectivity index (χ2n) is 5.76. The van der Waals surface area contributed by atoms with E-state index in [0.717, 1.165) is 35.7 Å². The van der Waals surface area contributed by atoms with Crippen molar-refractivity contribution in [3.63, 3.8) is 0 Å². The summed E-state index contributed by atoms with van der Waals surface area (Å²) in [6, 6.07) is 7.90. The van der Waals surface area contributed by atoms with Gasteiger partial charge in [0.2, 0.25) is 5.91 Å². The van der Waals surface area contributed by atoms with E-state index in [0.29, 0.717) is 12.1 Å². The Morgan fingerprint density at radius 3 is 2.64 bits per heavy atom. The molecule has 0 spiro atoms. The molecule has 1 heterocycles. The van der Waals surface area contributed by atoms with Gasteiger partial charge in [-0.25, -0.2) is 0 Å². The van der Waals surface area contributed by atoms with Crippen LogP contribution in [0, 0.1) is 12.8 Å². The molecule has 0 unspecified atom stereocenters. The molecule has 0 aliphatic rings. The van der Waals surface area contributed by atoms with E-state index in [2.05, 4.69) is 16.4 Å². The first kappa shape index (κ1) is 16.3. The summed E-state index contributed by atoms with van der Waals surface area (Å²) in [6.07, 6.45) is 2.55. The molecular formula is C18H24N2O2. The maximum absolute atomic E-state index is 11.9. The number of H-pyrrole nitrogens is 1. The van der Waals surface area contributed by atoms with Gasteiger partial charge in [-0.1, -0.05) is 19.9 Å². The maximum atomic E-state index is 11.9. The van der Waals surface area contributed by atoms with Crippen molar-refractivity contribution in [3.8, 4) is 0 Å². The van der Waals surface area contributed by atoms with E-state index >= 15 is 0 Å². The molecule has 1 amide bonds. The SMILES string of the molecule is CCC(CC)C(=O)NCCc1ccc2[nH]c(=O)c(C)cc2c1. The standard InChI is InChI=1S/C18H24N2O2/c1-4-14(5-2)18(22)19-9-8-13-6-7-16-15(11-13)10-12(3)17(21)20-16/h6-7,10-11,14H,4-5,8-9H2,1-3H3,(H,19,22)(H,20,21). The predicted octanol–water partition coefficient (Wildman–Crippen LogP) is 2.93. The van der Waals surface area contributed by atoms with Crippen LogP contribution in [-0.2, 0) is 11.2 Å². The minimum Gasteiger partial charge on any atom is -0.356 e. The van der Waals surface area contributed by atoms with Crippen LogP contribution >= 0.6 is 0 Å². The Hall–Kier alpha value is -2.10. The van der Waals surface area contributed by atoms with Crippen molar-refractivity contribution in [2.24, 2.45) is 5.92 Å². The van der Waals surface area contributed by atoms with Crippen LogP contribution in [0.25, 0.3) is 10.9 Å². The molecule has 0 aliphatic carbocycles. The molecule has 2 N–H and O–H groups in total. The van der Waals surface area contributed by atoms with E-state index in [4.69, 9.17) is 0 Å². The van der Waals surface area contributed by atoms with Gasteiger partial charge in [-0.2, -0.15) is 0 Å². The fraction of sp³-hybridized carbons (Fsp3) is 0.444. The number of nitrogens with one attached hydrogen (secondary N) is 2. The molecule has 0 radical (unpaired) electrons. The Morgan fingerprint density at radius 2 is 1.95 bits per heavy atom. The van der Waals surface area contributed by atoms with Crippen LogP contribution in [0.15, 0.2) is 29.1 Å². The number of benzene rings is 1. The highest BCUT2D eigenvalue weighted by atomic mass is 16.1. The highest BCUT2D eigenvalue weighted by Gasteiger charge is 2.12. The van der Waals surface area contributed by atoms with Gasteiger partial charge in [-0.05, 0) is 55.3 Å². The van der Waals surface area contributed by atoms with Crippen LogP contribution in [-0.4, -0.2) is 17.4 Å². The first-order valence-electron chi connectivity index (χ1n) is 7.95. The van der Waals surface area contributed by atoms with Crippen LogP contribution in [0.1, 0.15) is 37.8 Å². The lowest BCUT2D eigenvalue weighted by atomic mass is 10.0. The smallest absolute Gasteiger partial charge is 0.251 e. The van der Waals surface area contributed by atoms with Gasteiger partial charge in [0.25, 0.3) is 5.56 Å². The van der Waals surface area contributed by atoms with Gasteiger partial charge in [-0.3, -0.25) is 9.59 Å². The monoisotopic (exact) mass is 300 g/mol. The third-order valence-corrected chi connectivity index (χ3v) is 4.16. The number of carbonyl (C=O) groups is 1. The zero-order valence-corrected chi connectivity index (χ0v) is 13.5. The molecular weight excluding hydrogens is 276 g/mol. The van der Waals surface area contributed by atoms with E-state index in [1.54, 1.807) is 6.92 Å². The van der Waals surface area contributed by atoms with Gasteiger partial charge in [0.1, 0.15) is 0 Å². The summed E-state index contributed by atoms with van der Waals surface area (Å²) in [5.74, 6) is 0.260. The fourth-order valence-electron chi connectivity index (χ4n) is 2.65. The number of hydrogen-bond donors (Lipinski definition) is 2. The largest absolute Gasteiger partial charge is 0.356 e. The minimum absolute atomic E-state index is 0.0438. The third-order valence-electron chi connectivity index (χ3n) is 4.16. The predicted molar refractivity (Wildman–Crippen MR) is 90.1 cm³/mol. The number of pyridine rings is 1. The van der Waals surface area contributed by atoms with Crippen LogP contribution in [0.2, 0.25) is 0 Å². The average Bonchev–Trinajstić information content (AvgIpc) is 2.50. The topological polar surface area (TPSA) is 62.0 Å². The molecule has 4 nitrogen and oxygen atoms in total. The zero-order valence-electron chi connectivity index (χ0n) is 13.5. The Balaban J connectivity index is 2.02. The molecule has 22 heavy (non-hydrogen) atoms. The molecule has 1 aromatic carbocycles. The quantitative estimate of drug-likeness (QED) is 0.861. The Bertz CT molecular complexity index is 715. The summed E-state index contributed by atoms with van der Waals surface area (Å²) in [6.45, 7) is 6.53. The first-order valence-corrected chi connectivity index (χ1v) is 7.95. The van der Waals surface area contributed by atoms with E-state index in [1.807, 2.05) is 32.0 Å². The first-order chi connectivity index (χ1) is 10.5. The van der Waals surface area contributed by atoms with E-state index in [1.165, 1.54) is 0 Å². The van der Waals surface area contributed by atoms with Crippen molar-refractivity contribution in [3.05, 3.63) is 45.7 Å². The molecule has 0 saturated heterocycles. The lowest BCUT2D eigenvalue weighted by Crippen LogP contribution is -2.31. The highest BCUT2D eigenvalue weighted by molar-refractivity contribution is 5.80. The lowest BCUT2D eigenvalue weighted by Gasteiger charge is -2.12. The molecule has 0 saturated carbocycles. The summed E-state index contributed by atoms with van der Waals surface area (Å²) >= 11 is 0. The van der Waals surface area contributed by atoms with E-state index in [9.17, 15) is 9.59 Å². The minimum atomic E-state index is -0.0438. The number of aryl methyl sites for hydroxylation is 1. The molecule has 2 aromatic rings. The third kappa shape index (κ3) is 3.75. The van der Waals surface area contributed by atoms with Crippen molar-refractivity contribution in [1.82, 2.24) is 10.3 Å². The summed E-state index contributed by atoms with van der Waals surface area (Å²) in [7, 11) is 0. The van der Waals surface area contributed by atoms with Gasteiger partial charge in [-0.15, -0.1) is 0 Å². The summed E-state index contributed by atoms with van der Waals surface area (Å²) in [4.78, 5) is 26.4. The molecule has 118 valence electrons. The molecule has 4 heteroatoms. The molecule has 0 atom stereocenters. The van der Waals surface area contributed by atoms with E-state index in [-0.39, 0.29) is 17.4 Å². The maximum Gasteiger partial charge on any atom is 0.251 e. The zero-order chi connectivity index (χ0) is 16.1. The normalized spacial score (nSPS) is 11.1. The highest BCUT2D eigenvalue weighted by Crippen LogP contribution is 2.14. The second kappa shape index (κ2) is 7.25. The molecule has 1 aromatic heterocycles. The number of fused-ring (bicyclic) bond motifs is 1. The van der Waals surface area contributed by atoms with Crippen molar-refractivity contribution < 1.29 is 4.79 Å². The van der Waals surface area contributed by atoms with Gasteiger partial charge >= 0.3 is 0 Å². The van der Waals surface area contributed by atoms with Crippen LogP contribution in [0.4, 0.5) is 0 Å². The molecule has 0 aliphatic heterocycles. The average molecular weight is 300 g/mol. The summed E-state index contributed by atoms with van der Waals surface area (Å²) in [5.41, 5.74) is 2.67. The van der Waals surface area contributed by atoms with E-state index < -0.39 is 0 Å². The summed E-state index contributed by atoms with van der Waals surface area (Å²) in [5, 5.41) is 4.03. The van der Waals surface area contributed by atoms with Gasteiger partial charge in [0, 0.05) is 23.5 Å². The van der Waals surface area contributed by atoms with Gasteiger partial charge in [0.15, 0.2) is 0 Å². The summed E-state index contributed by atoms with van der Waals surface area (Å²) < 4.78 is 0. The van der Waals surface area contributed by atoms with Gasteiger partial charge < -0.3 is 10.3 Å². The number of carbonyl (C=O) groups excluding carboxylic acids is 1. The fourth-order valence-corrected chi connectivity index (χ4v) is 2.65. The number of aromatic nitrogens is 1.